The number of rotatable bonds is 0. The van der Waals surface area contributed by atoms with Gasteiger partial charge in [0.25, 0.3) is 0 Å². The number of hydrogen-bond donors (Lipinski definition) is 2. The van der Waals surface area contributed by atoms with Gasteiger partial charge in [0.05, 0.1) is 34.2 Å². The van der Waals surface area contributed by atoms with Crippen molar-refractivity contribution in [3.63, 3.8) is 0 Å². The molecule has 17 heavy (non-hydrogen) atoms. The molecule has 2 aromatic rings. The summed E-state index contributed by atoms with van der Waals surface area (Å²) in [6.07, 6.45) is 0. The van der Waals surface area contributed by atoms with Crippen LogP contribution in [0.25, 0.3) is 10.8 Å². The molecular weight excluding hydrogens is 327 g/mol. The topological polar surface area (TPSA) is 58.5 Å². The Kier molecular flexibility index (Phi) is 2.26. The summed E-state index contributed by atoms with van der Waals surface area (Å²) < 4.78 is 1.97. The average Bonchev–Trinajstić information content (AvgIpc) is 2.34. The van der Waals surface area contributed by atoms with Gasteiger partial charge in [-0.15, -0.1) is 0 Å². The third-order valence-electron chi connectivity index (χ3n) is 3.22. The van der Waals surface area contributed by atoms with Crippen LogP contribution in [0.3, 0.4) is 0 Å². The first kappa shape index (κ1) is 11.1. The highest BCUT2D eigenvalue weighted by Gasteiger charge is 2.38. The van der Waals surface area contributed by atoms with E-state index in [0.29, 0.717) is 0 Å². The lowest BCUT2D eigenvalue weighted by atomic mass is 10.0. The van der Waals surface area contributed by atoms with Gasteiger partial charge in [-0.1, -0.05) is 24.3 Å². The molecular formula is C12H13IN4. The molecule has 0 saturated carbocycles. The zero-order chi connectivity index (χ0) is 12.2. The van der Waals surface area contributed by atoms with E-state index in [1.54, 1.807) is 5.01 Å². The molecule has 2 aromatic carbocycles. The maximum atomic E-state index is 6.27. The molecule has 0 fully saturated rings. The summed E-state index contributed by atoms with van der Waals surface area (Å²) in [5.74, 6) is 5.40. The molecule has 0 bridgehead atoms. The first-order valence-corrected chi connectivity index (χ1v) is 6.31. The van der Waals surface area contributed by atoms with E-state index in [1.165, 1.54) is 5.39 Å². The van der Waals surface area contributed by atoms with Gasteiger partial charge in [-0.3, -0.25) is 13.9 Å². The average molecular weight is 340 g/mol. The quantitative estimate of drug-likeness (QED) is 0.439. The molecule has 3 rings (SSSR count). The Labute approximate surface area is 114 Å². The molecule has 0 spiro atoms. The Hall–Kier alpha value is -1.05. The van der Waals surface area contributed by atoms with Crippen molar-refractivity contribution in [1.82, 2.24) is 0 Å². The van der Waals surface area contributed by atoms with E-state index in [-0.39, 0.29) is 0 Å². The summed E-state index contributed by atoms with van der Waals surface area (Å²) in [5, 5.41) is 3.94. The van der Waals surface area contributed by atoms with Crippen molar-refractivity contribution in [2.75, 3.05) is 8.12 Å². The molecule has 0 unspecified atom stereocenters. The van der Waals surface area contributed by atoms with E-state index in [4.69, 9.17) is 11.6 Å². The summed E-state index contributed by atoms with van der Waals surface area (Å²) in [6.45, 7) is 1.90. The van der Waals surface area contributed by atoms with Gasteiger partial charge >= 0.3 is 0 Å². The molecule has 5 heteroatoms. The molecule has 0 radical (unpaired) electrons. The van der Waals surface area contributed by atoms with Crippen molar-refractivity contribution >= 4 is 45.0 Å². The zero-order valence-corrected chi connectivity index (χ0v) is 11.5. The number of halogens is 1. The van der Waals surface area contributed by atoms with Crippen molar-refractivity contribution in [2.45, 2.75) is 12.7 Å². The second-order valence-electron chi connectivity index (χ2n) is 4.40. The SMILES string of the molecule is C[C@]1(N)N(N)c2cccc3cccc(c23)N1I. The second-order valence-corrected chi connectivity index (χ2v) is 5.36. The van der Waals surface area contributed by atoms with E-state index < -0.39 is 5.79 Å². The number of nitrogens with two attached hydrogens (primary N) is 2. The maximum absolute atomic E-state index is 6.27. The Bertz CT molecular complexity index is 549. The predicted molar refractivity (Wildman–Crippen MR) is 79.7 cm³/mol. The van der Waals surface area contributed by atoms with Crippen LogP contribution in [0.1, 0.15) is 6.92 Å². The smallest absolute Gasteiger partial charge is 0.185 e. The van der Waals surface area contributed by atoms with Crippen LogP contribution in [0, 0.1) is 0 Å². The molecule has 0 amide bonds. The van der Waals surface area contributed by atoms with Crippen LogP contribution < -0.4 is 19.7 Å². The first-order chi connectivity index (χ1) is 8.03. The van der Waals surface area contributed by atoms with Crippen LogP contribution in [0.2, 0.25) is 0 Å². The van der Waals surface area contributed by atoms with Crippen molar-refractivity contribution in [3.8, 4) is 0 Å². The normalized spacial score (nSPS) is 23.3. The fourth-order valence-electron chi connectivity index (χ4n) is 2.25. The van der Waals surface area contributed by atoms with Crippen LogP contribution in [0.4, 0.5) is 11.4 Å². The molecule has 1 atom stereocenters. The fourth-order valence-corrected chi connectivity index (χ4v) is 2.88. The third-order valence-corrected chi connectivity index (χ3v) is 4.71. The minimum absolute atomic E-state index is 0.733. The second kappa shape index (κ2) is 3.47. The Morgan fingerprint density at radius 3 is 2.35 bits per heavy atom. The summed E-state index contributed by atoms with van der Waals surface area (Å²) in [4.78, 5) is 0. The molecule has 1 aliphatic rings. The minimum Gasteiger partial charge on any atom is -0.290 e. The summed E-state index contributed by atoms with van der Waals surface area (Å²) in [5.41, 5.74) is 8.34. The summed E-state index contributed by atoms with van der Waals surface area (Å²) in [7, 11) is 0. The minimum atomic E-state index is -0.733. The largest absolute Gasteiger partial charge is 0.290 e. The Morgan fingerprint density at radius 1 is 1.12 bits per heavy atom. The summed E-state index contributed by atoms with van der Waals surface area (Å²) in [6, 6.07) is 12.3. The van der Waals surface area contributed by atoms with Gasteiger partial charge in [0.15, 0.2) is 5.79 Å². The lowest BCUT2D eigenvalue weighted by Crippen LogP contribution is -2.67. The van der Waals surface area contributed by atoms with Crippen LogP contribution in [0.5, 0.6) is 0 Å². The van der Waals surface area contributed by atoms with Gasteiger partial charge in [0.2, 0.25) is 0 Å². The van der Waals surface area contributed by atoms with E-state index in [2.05, 4.69) is 41.1 Å². The molecule has 4 N–H and O–H groups in total. The number of anilines is 2. The van der Waals surface area contributed by atoms with Gasteiger partial charge in [-0.05, 0) is 24.4 Å². The third kappa shape index (κ3) is 1.36. The van der Waals surface area contributed by atoms with Crippen molar-refractivity contribution in [1.29, 1.82) is 0 Å². The van der Waals surface area contributed by atoms with E-state index in [9.17, 15) is 0 Å². The number of hydrazine groups is 1. The molecule has 0 saturated heterocycles. The summed E-state index contributed by atoms with van der Waals surface area (Å²) >= 11 is 2.21. The Balaban J connectivity index is 2.44. The molecule has 88 valence electrons. The molecule has 0 aliphatic carbocycles. The van der Waals surface area contributed by atoms with Crippen LogP contribution in [0.15, 0.2) is 36.4 Å². The highest BCUT2D eigenvalue weighted by atomic mass is 127. The highest BCUT2D eigenvalue weighted by molar-refractivity contribution is 14.1. The van der Waals surface area contributed by atoms with E-state index in [1.807, 2.05) is 28.2 Å². The lowest BCUT2D eigenvalue weighted by Gasteiger charge is -2.46. The highest BCUT2D eigenvalue weighted by Crippen LogP contribution is 2.43. The number of nitrogens with zero attached hydrogens (tertiary/aromatic N) is 2. The van der Waals surface area contributed by atoms with E-state index in [0.717, 1.165) is 16.8 Å². The lowest BCUT2D eigenvalue weighted by molar-refractivity contribution is 0.475. The zero-order valence-electron chi connectivity index (χ0n) is 9.39. The number of benzene rings is 2. The van der Waals surface area contributed by atoms with Gasteiger partial charge < -0.3 is 0 Å². The van der Waals surface area contributed by atoms with Gasteiger partial charge in [-0.2, -0.15) is 0 Å². The van der Waals surface area contributed by atoms with Gasteiger partial charge in [-0.25, -0.2) is 5.84 Å². The molecule has 0 aromatic heterocycles. The van der Waals surface area contributed by atoms with Crippen molar-refractivity contribution in [3.05, 3.63) is 36.4 Å². The van der Waals surface area contributed by atoms with Gasteiger partial charge in [0.1, 0.15) is 0 Å². The van der Waals surface area contributed by atoms with Crippen LogP contribution >= 0.6 is 22.9 Å². The molecule has 4 nitrogen and oxygen atoms in total. The molecule has 1 aliphatic heterocycles. The maximum Gasteiger partial charge on any atom is 0.185 e. The van der Waals surface area contributed by atoms with Crippen LogP contribution in [-0.2, 0) is 0 Å². The number of hydrogen-bond acceptors (Lipinski definition) is 4. The van der Waals surface area contributed by atoms with E-state index >= 15 is 0 Å². The van der Waals surface area contributed by atoms with Crippen molar-refractivity contribution < 1.29 is 0 Å². The standard InChI is InChI=1S/C12H13IN4/c1-12(14)16(13)9-6-2-4-8-5-3-7-10(11(8)9)17(12)15/h2-7H,14-15H2,1H3/t12-/m1/s1. The first-order valence-electron chi connectivity index (χ1n) is 5.35. The van der Waals surface area contributed by atoms with Gasteiger partial charge in [0, 0.05) is 5.39 Å². The monoisotopic (exact) mass is 340 g/mol. The fraction of sp³-hybridized carbons (Fsp3) is 0.167. The van der Waals surface area contributed by atoms with Crippen LogP contribution in [-0.4, -0.2) is 5.79 Å². The Morgan fingerprint density at radius 2 is 1.71 bits per heavy atom. The molecule has 1 heterocycles. The predicted octanol–water partition coefficient (Wildman–Crippen LogP) is 2.32. The van der Waals surface area contributed by atoms with Crippen molar-refractivity contribution in [2.24, 2.45) is 11.6 Å².